The SMILES string of the molecule is Cc1cc(C)n2nc(C(=O)N3CCC(c4ccc5cccnc5n4)CC3)nc2n1. The molecule has 1 aliphatic heterocycles. The molecule has 5 heterocycles. The number of amides is 1. The van der Waals surface area contributed by atoms with Crippen LogP contribution in [0.25, 0.3) is 16.8 Å². The number of piperidine rings is 1. The summed E-state index contributed by atoms with van der Waals surface area (Å²) in [6, 6.07) is 10.00. The van der Waals surface area contributed by atoms with Crippen LogP contribution in [0.3, 0.4) is 0 Å². The molecule has 8 heteroatoms. The van der Waals surface area contributed by atoms with Gasteiger partial charge in [-0.05, 0) is 57.0 Å². The van der Waals surface area contributed by atoms with E-state index in [1.54, 1.807) is 10.7 Å². The van der Waals surface area contributed by atoms with Crippen LogP contribution in [0.1, 0.15) is 46.5 Å². The van der Waals surface area contributed by atoms with E-state index in [1.165, 1.54) is 0 Å². The Morgan fingerprint density at radius 3 is 2.72 bits per heavy atom. The third kappa shape index (κ3) is 3.20. The van der Waals surface area contributed by atoms with Crippen molar-refractivity contribution in [3.63, 3.8) is 0 Å². The van der Waals surface area contributed by atoms with E-state index in [0.29, 0.717) is 24.8 Å². The average Bonchev–Trinajstić information content (AvgIpc) is 3.17. The fraction of sp³-hybridized carbons (Fsp3) is 0.333. The first-order chi connectivity index (χ1) is 14.1. The van der Waals surface area contributed by atoms with E-state index in [1.807, 2.05) is 36.9 Å². The molecule has 146 valence electrons. The Kier molecular flexibility index (Phi) is 4.19. The highest BCUT2D eigenvalue weighted by molar-refractivity contribution is 5.91. The van der Waals surface area contributed by atoms with Gasteiger partial charge in [-0.2, -0.15) is 4.98 Å². The Bertz CT molecular complexity index is 1220. The van der Waals surface area contributed by atoms with Gasteiger partial charge < -0.3 is 4.90 Å². The molecule has 29 heavy (non-hydrogen) atoms. The van der Waals surface area contributed by atoms with E-state index in [9.17, 15) is 4.79 Å². The number of carbonyl (C=O) groups is 1. The number of carbonyl (C=O) groups excluding carboxylic acids is 1. The number of fused-ring (bicyclic) bond motifs is 2. The van der Waals surface area contributed by atoms with Crippen LogP contribution in [-0.2, 0) is 0 Å². The zero-order valence-electron chi connectivity index (χ0n) is 16.4. The predicted molar refractivity (Wildman–Crippen MR) is 108 cm³/mol. The van der Waals surface area contributed by atoms with Crippen LogP contribution < -0.4 is 0 Å². The molecule has 1 saturated heterocycles. The van der Waals surface area contributed by atoms with Gasteiger partial charge in [0.1, 0.15) is 0 Å². The minimum Gasteiger partial charge on any atom is -0.336 e. The van der Waals surface area contributed by atoms with Gasteiger partial charge in [-0.3, -0.25) is 4.79 Å². The van der Waals surface area contributed by atoms with Gasteiger partial charge >= 0.3 is 0 Å². The molecule has 0 radical (unpaired) electrons. The third-order valence-electron chi connectivity index (χ3n) is 5.50. The molecule has 0 spiro atoms. The largest absolute Gasteiger partial charge is 0.336 e. The van der Waals surface area contributed by atoms with Gasteiger partial charge in [0.25, 0.3) is 11.7 Å². The first-order valence-electron chi connectivity index (χ1n) is 9.80. The summed E-state index contributed by atoms with van der Waals surface area (Å²) in [6.07, 6.45) is 3.49. The highest BCUT2D eigenvalue weighted by Gasteiger charge is 2.28. The minimum atomic E-state index is -0.140. The van der Waals surface area contributed by atoms with Crippen molar-refractivity contribution in [1.82, 2.24) is 34.4 Å². The molecule has 8 nitrogen and oxygen atoms in total. The second-order valence-electron chi connectivity index (χ2n) is 7.54. The van der Waals surface area contributed by atoms with Gasteiger partial charge in [0, 0.05) is 47.7 Å². The Balaban J connectivity index is 1.32. The van der Waals surface area contributed by atoms with Crippen LogP contribution in [-0.4, -0.2) is 53.4 Å². The molecule has 1 amide bonds. The summed E-state index contributed by atoms with van der Waals surface area (Å²) in [7, 11) is 0. The fourth-order valence-corrected chi connectivity index (χ4v) is 3.97. The normalized spacial score (nSPS) is 15.3. The summed E-state index contributed by atoms with van der Waals surface area (Å²) in [4.78, 5) is 32.5. The van der Waals surface area contributed by atoms with Crippen LogP contribution in [0, 0.1) is 13.8 Å². The van der Waals surface area contributed by atoms with E-state index >= 15 is 0 Å². The Hall–Kier alpha value is -3.42. The molecule has 0 N–H and O–H groups in total. The molecule has 0 aliphatic carbocycles. The van der Waals surface area contributed by atoms with E-state index < -0.39 is 0 Å². The molecule has 0 bridgehead atoms. The van der Waals surface area contributed by atoms with E-state index in [2.05, 4.69) is 32.2 Å². The van der Waals surface area contributed by atoms with E-state index in [4.69, 9.17) is 4.98 Å². The number of rotatable bonds is 2. The number of nitrogens with zero attached hydrogens (tertiary/aromatic N) is 7. The zero-order chi connectivity index (χ0) is 20.0. The number of aryl methyl sites for hydroxylation is 2. The molecular weight excluding hydrogens is 366 g/mol. The van der Waals surface area contributed by atoms with Crippen LogP contribution in [0.5, 0.6) is 0 Å². The molecule has 1 aliphatic rings. The number of pyridine rings is 2. The minimum absolute atomic E-state index is 0.140. The van der Waals surface area contributed by atoms with E-state index in [-0.39, 0.29) is 11.7 Å². The molecule has 1 fully saturated rings. The summed E-state index contributed by atoms with van der Waals surface area (Å²) >= 11 is 0. The van der Waals surface area contributed by atoms with Crippen molar-refractivity contribution in [1.29, 1.82) is 0 Å². The van der Waals surface area contributed by atoms with Crippen molar-refractivity contribution in [3.05, 3.63) is 59.4 Å². The van der Waals surface area contributed by atoms with Crippen molar-refractivity contribution in [2.75, 3.05) is 13.1 Å². The Labute approximate surface area is 167 Å². The average molecular weight is 387 g/mol. The maximum atomic E-state index is 12.9. The maximum Gasteiger partial charge on any atom is 0.293 e. The third-order valence-corrected chi connectivity index (χ3v) is 5.50. The lowest BCUT2D eigenvalue weighted by molar-refractivity contribution is 0.0700. The summed E-state index contributed by atoms with van der Waals surface area (Å²) in [5.41, 5.74) is 3.59. The molecule has 4 aromatic rings. The summed E-state index contributed by atoms with van der Waals surface area (Å²) in [5, 5.41) is 5.41. The number of likely N-dealkylation sites (tertiary alicyclic amines) is 1. The van der Waals surface area contributed by atoms with Crippen LogP contribution in [0.2, 0.25) is 0 Å². The van der Waals surface area contributed by atoms with Gasteiger partial charge in [0.05, 0.1) is 0 Å². The predicted octanol–water partition coefficient (Wildman–Crippen LogP) is 2.70. The first kappa shape index (κ1) is 17.7. The van der Waals surface area contributed by atoms with Crippen LogP contribution >= 0.6 is 0 Å². The maximum absolute atomic E-state index is 12.9. The summed E-state index contributed by atoms with van der Waals surface area (Å²) in [5.74, 6) is 0.858. The van der Waals surface area contributed by atoms with Gasteiger partial charge in [-0.15, -0.1) is 5.10 Å². The monoisotopic (exact) mass is 387 g/mol. The van der Waals surface area contributed by atoms with Gasteiger partial charge in [-0.25, -0.2) is 19.5 Å². The Morgan fingerprint density at radius 2 is 1.90 bits per heavy atom. The summed E-state index contributed by atoms with van der Waals surface area (Å²) < 4.78 is 1.62. The first-order valence-corrected chi connectivity index (χ1v) is 9.80. The molecule has 5 rings (SSSR count). The highest BCUT2D eigenvalue weighted by atomic mass is 16.2. The molecular formula is C21H21N7O. The van der Waals surface area contributed by atoms with Gasteiger partial charge in [0.15, 0.2) is 5.65 Å². The van der Waals surface area contributed by atoms with E-state index in [0.717, 1.165) is 41.0 Å². The fourth-order valence-electron chi connectivity index (χ4n) is 3.97. The van der Waals surface area contributed by atoms with Gasteiger partial charge in [0.2, 0.25) is 5.82 Å². The second kappa shape index (κ2) is 6.88. The lowest BCUT2D eigenvalue weighted by Crippen LogP contribution is -2.38. The van der Waals surface area contributed by atoms with Crippen LogP contribution in [0.15, 0.2) is 36.5 Å². The highest BCUT2D eigenvalue weighted by Crippen LogP contribution is 2.28. The van der Waals surface area contributed by atoms with Gasteiger partial charge in [-0.1, -0.05) is 0 Å². The molecule has 4 aromatic heterocycles. The smallest absolute Gasteiger partial charge is 0.293 e. The topological polar surface area (TPSA) is 89.2 Å². The lowest BCUT2D eigenvalue weighted by atomic mass is 9.93. The second-order valence-corrected chi connectivity index (χ2v) is 7.54. The van der Waals surface area contributed by atoms with Crippen molar-refractivity contribution in [2.24, 2.45) is 0 Å². The molecule has 0 atom stereocenters. The molecule has 0 saturated carbocycles. The zero-order valence-corrected chi connectivity index (χ0v) is 16.4. The number of aromatic nitrogens is 6. The number of hydrogen-bond donors (Lipinski definition) is 0. The van der Waals surface area contributed by atoms with Crippen molar-refractivity contribution < 1.29 is 4.79 Å². The number of hydrogen-bond acceptors (Lipinski definition) is 6. The summed E-state index contributed by atoms with van der Waals surface area (Å²) in [6.45, 7) is 5.16. The van der Waals surface area contributed by atoms with Crippen molar-refractivity contribution in [3.8, 4) is 0 Å². The molecule has 0 aromatic carbocycles. The standard InChI is InChI=1S/C21H21N7O/c1-13-12-14(2)28-21(23-13)25-19(26-28)20(29)27-10-7-15(8-11-27)17-6-5-16-4-3-9-22-18(16)24-17/h3-6,9,12,15H,7-8,10-11H2,1-2H3. The van der Waals surface area contributed by atoms with Crippen molar-refractivity contribution in [2.45, 2.75) is 32.6 Å². The quantitative estimate of drug-likeness (QED) is 0.525. The van der Waals surface area contributed by atoms with Crippen LogP contribution in [0.4, 0.5) is 0 Å². The Morgan fingerprint density at radius 1 is 1.07 bits per heavy atom. The van der Waals surface area contributed by atoms with Crippen molar-refractivity contribution >= 4 is 22.7 Å². The molecule has 0 unspecified atom stereocenters. The lowest BCUT2D eigenvalue weighted by Gasteiger charge is -2.31.